The molecule has 0 saturated carbocycles. The third-order valence-electron chi connectivity index (χ3n) is 3.32. The maximum absolute atomic E-state index is 12.3. The number of aromatic amines is 1. The SMILES string of the molecule is Cc1[nH]nc(N)c1C(=O)N(C)CC1CCCOC1. The van der Waals surface area contributed by atoms with Crippen LogP contribution in [-0.4, -0.2) is 47.8 Å². The van der Waals surface area contributed by atoms with Crippen LogP contribution in [0.2, 0.25) is 0 Å². The van der Waals surface area contributed by atoms with Crippen LogP contribution in [-0.2, 0) is 4.74 Å². The molecule has 2 heterocycles. The molecule has 0 aliphatic carbocycles. The number of nitrogens with two attached hydrogens (primary N) is 1. The highest BCUT2D eigenvalue weighted by atomic mass is 16.5. The zero-order valence-corrected chi connectivity index (χ0v) is 10.9. The van der Waals surface area contributed by atoms with E-state index >= 15 is 0 Å². The number of carbonyl (C=O) groups is 1. The summed E-state index contributed by atoms with van der Waals surface area (Å²) in [5.41, 5.74) is 6.89. The summed E-state index contributed by atoms with van der Waals surface area (Å²) >= 11 is 0. The fourth-order valence-corrected chi connectivity index (χ4v) is 2.33. The molecule has 6 nitrogen and oxygen atoms in total. The third-order valence-corrected chi connectivity index (χ3v) is 3.32. The van der Waals surface area contributed by atoms with Gasteiger partial charge in [-0.2, -0.15) is 5.10 Å². The van der Waals surface area contributed by atoms with Gasteiger partial charge in [0.2, 0.25) is 0 Å². The molecule has 18 heavy (non-hydrogen) atoms. The number of aryl methyl sites for hydroxylation is 1. The van der Waals surface area contributed by atoms with Crippen molar-refractivity contribution in [2.75, 3.05) is 32.5 Å². The summed E-state index contributed by atoms with van der Waals surface area (Å²) in [6.45, 7) is 4.07. The zero-order valence-electron chi connectivity index (χ0n) is 10.9. The van der Waals surface area contributed by atoms with Gasteiger partial charge < -0.3 is 15.4 Å². The average molecular weight is 252 g/mol. The van der Waals surface area contributed by atoms with Gasteiger partial charge in [-0.1, -0.05) is 0 Å². The maximum atomic E-state index is 12.3. The number of carbonyl (C=O) groups excluding carboxylic acids is 1. The lowest BCUT2D eigenvalue weighted by molar-refractivity contribution is 0.0388. The minimum absolute atomic E-state index is 0.0793. The highest BCUT2D eigenvalue weighted by Gasteiger charge is 2.23. The topological polar surface area (TPSA) is 84.2 Å². The molecule has 1 atom stereocenters. The van der Waals surface area contributed by atoms with Crippen LogP contribution in [0.1, 0.15) is 28.9 Å². The van der Waals surface area contributed by atoms with Gasteiger partial charge in [-0.25, -0.2) is 0 Å². The van der Waals surface area contributed by atoms with E-state index in [2.05, 4.69) is 10.2 Å². The second-order valence-electron chi connectivity index (χ2n) is 4.88. The van der Waals surface area contributed by atoms with E-state index in [1.54, 1.807) is 18.9 Å². The van der Waals surface area contributed by atoms with Gasteiger partial charge in [0.15, 0.2) is 5.82 Å². The summed E-state index contributed by atoms with van der Waals surface area (Å²) in [4.78, 5) is 14.0. The van der Waals surface area contributed by atoms with Gasteiger partial charge in [0.05, 0.1) is 6.61 Å². The number of hydrogen-bond donors (Lipinski definition) is 2. The molecule has 1 fully saturated rings. The predicted octanol–water partition coefficient (Wildman–Crippen LogP) is 0.799. The monoisotopic (exact) mass is 252 g/mol. The molecular weight excluding hydrogens is 232 g/mol. The summed E-state index contributed by atoms with van der Waals surface area (Å²) in [6.07, 6.45) is 2.18. The number of H-pyrrole nitrogens is 1. The molecule has 1 amide bonds. The van der Waals surface area contributed by atoms with Crippen molar-refractivity contribution in [3.8, 4) is 0 Å². The number of nitrogens with zero attached hydrogens (tertiary/aromatic N) is 2. The van der Waals surface area contributed by atoms with Gasteiger partial charge in [-0.3, -0.25) is 9.89 Å². The van der Waals surface area contributed by atoms with Crippen LogP contribution >= 0.6 is 0 Å². The molecule has 100 valence electrons. The first-order valence-electron chi connectivity index (χ1n) is 6.23. The minimum Gasteiger partial charge on any atom is -0.382 e. The zero-order chi connectivity index (χ0) is 13.1. The van der Waals surface area contributed by atoms with Crippen LogP contribution in [0.25, 0.3) is 0 Å². The van der Waals surface area contributed by atoms with Gasteiger partial charge in [0.1, 0.15) is 5.56 Å². The van der Waals surface area contributed by atoms with Crippen LogP contribution in [0.3, 0.4) is 0 Å². The lowest BCUT2D eigenvalue weighted by Crippen LogP contribution is -2.35. The molecule has 1 aromatic rings. The molecule has 1 saturated heterocycles. The van der Waals surface area contributed by atoms with E-state index in [0.717, 1.165) is 26.1 Å². The van der Waals surface area contributed by atoms with Crippen molar-refractivity contribution in [3.05, 3.63) is 11.3 Å². The Labute approximate surface area is 106 Å². The van der Waals surface area contributed by atoms with E-state index in [4.69, 9.17) is 10.5 Å². The molecule has 1 aromatic heterocycles. The summed E-state index contributed by atoms with van der Waals surface area (Å²) in [5, 5.41) is 6.58. The van der Waals surface area contributed by atoms with Crippen LogP contribution in [0.5, 0.6) is 0 Å². The van der Waals surface area contributed by atoms with E-state index in [1.807, 2.05) is 0 Å². The molecule has 2 rings (SSSR count). The van der Waals surface area contributed by atoms with E-state index in [0.29, 0.717) is 23.7 Å². The van der Waals surface area contributed by atoms with E-state index in [1.165, 1.54) is 0 Å². The van der Waals surface area contributed by atoms with Crippen molar-refractivity contribution in [2.24, 2.45) is 5.92 Å². The fraction of sp³-hybridized carbons (Fsp3) is 0.667. The number of anilines is 1. The molecular formula is C12H20N4O2. The van der Waals surface area contributed by atoms with Crippen molar-refractivity contribution >= 4 is 11.7 Å². The maximum Gasteiger partial charge on any atom is 0.259 e. The van der Waals surface area contributed by atoms with Crippen LogP contribution in [0.15, 0.2) is 0 Å². The van der Waals surface area contributed by atoms with Crippen molar-refractivity contribution in [2.45, 2.75) is 19.8 Å². The summed E-state index contributed by atoms with van der Waals surface area (Å²) in [7, 11) is 1.79. The predicted molar refractivity (Wildman–Crippen MR) is 68.2 cm³/mol. The van der Waals surface area contributed by atoms with E-state index in [-0.39, 0.29) is 11.7 Å². The quantitative estimate of drug-likeness (QED) is 0.833. The Kier molecular flexibility index (Phi) is 3.86. The highest BCUT2D eigenvalue weighted by Crippen LogP contribution is 2.18. The Morgan fingerprint density at radius 1 is 1.67 bits per heavy atom. The summed E-state index contributed by atoms with van der Waals surface area (Å²) in [6, 6.07) is 0. The smallest absolute Gasteiger partial charge is 0.259 e. The lowest BCUT2D eigenvalue weighted by atomic mass is 10.0. The highest BCUT2D eigenvalue weighted by molar-refractivity contribution is 5.99. The number of amides is 1. The lowest BCUT2D eigenvalue weighted by Gasteiger charge is -2.27. The number of aromatic nitrogens is 2. The van der Waals surface area contributed by atoms with Crippen LogP contribution < -0.4 is 5.73 Å². The van der Waals surface area contributed by atoms with Crippen LogP contribution in [0.4, 0.5) is 5.82 Å². The van der Waals surface area contributed by atoms with Crippen molar-refractivity contribution in [1.82, 2.24) is 15.1 Å². The Hall–Kier alpha value is -1.56. The molecule has 0 radical (unpaired) electrons. The first-order valence-corrected chi connectivity index (χ1v) is 6.23. The Balaban J connectivity index is 2.00. The normalized spacial score (nSPS) is 19.8. The molecule has 0 spiro atoms. The molecule has 1 unspecified atom stereocenters. The number of ether oxygens (including phenoxy) is 1. The number of nitrogens with one attached hydrogen (secondary N) is 1. The Morgan fingerprint density at radius 2 is 2.44 bits per heavy atom. The Morgan fingerprint density at radius 3 is 3.00 bits per heavy atom. The van der Waals surface area contributed by atoms with Crippen molar-refractivity contribution < 1.29 is 9.53 Å². The fourth-order valence-electron chi connectivity index (χ4n) is 2.33. The number of hydrogen-bond acceptors (Lipinski definition) is 4. The molecule has 3 N–H and O–H groups in total. The standard InChI is InChI=1S/C12H20N4O2/c1-8-10(11(13)15-14-8)12(17)16(2)6-9-4-3-5-18-7-9/h9H,3-7H2,1-2H3,(H3,13,14,15). The van der Waals surface area contributed by atoms with Gasteiger partial charge in [0, 0.05) is 25.9 Å². The van der Waals surface area contributed by atoms with Gasteiger partial charge in [-0.05, 0) is 25.7 Å². The van der Waals surface area contributed by atoms with Crippen LogP contribution in [0, 0.1) is 12.8 Å². The molecule has 1 aliphatic rings. The van der Waals surface area contributed by atoms with E-state index in [9.17, 15) is 4.79 Å². The molecule has 6 heteroatoms. The minimum atomic E-state index is -0.0793. The molecule has 0 aromatic carbocycles. The van der Waals surface area contributed by atoms with Crippen molar-refractivity contribution in [3.63, 3.8) is 0 Å². The first-order chi connectivity index (χ1) is 8.59. The Bertz CT molecular complexity index is 404. The van der Waals surface area contributed by atoms with Crippen molar-refractivity contribution in [1.29, 1.82) is 0 Å². The second kappa shape index (κ2) is 5.39. The van der Waals surface area contributed by atoms with Gasteiger partial charge >= 0.3 is 0 Å². The average Bonchev–Trinajstić information content (AvgIpc) is 2.69. The summed E-state index contributed by atoms with van der Waals surface area (Å²) < 4.78 is 5.42. The summed E-state index contributed by atoms with van der Waals surface area (Å²) in [5.74, 6) is 0.606. The number of nitrogen functional groups attached to an aromatic ring is 1. The first kappa shape index (κ1) is 12.9. The van der Waals surface area contributed by atoms with Gasteiger partial charge in [0.25, 0.3) is 5.91 Å². The van der Waals surface area contributed by atoms with E-state index < -0.39 is 0 Å². The number of rotatable bonds is 3. The second-order valence-corrected chi connectivity index (χ2v) is 4.88. The third kappa shape index (κ3) is 2.64. The van der Waals surface area contributed by atoms with Gasteiger partial charge in [-0.15, -0.1) is 0 Å². The molecule has 1 aliphatic heterocycles. The molecule has 0 bridgehead atoms. The largest absolute Gasteiger partial charge is 0.382 e.